The van der Waals surface area contributed by atoms with Gasteiger partial charge in [-0.25, -0.2) is 5.43 Å². The molecule has 1 aromatic heterocycles. The summed E-state index contributed by atoms with van der Waals surface area (Å²) in [5.74, 6) is 1.36. The quantitative estimate of drug-likeness (QED) is 0.332. The molecule has 0 bridgehead atoms. The van der Waals surface area contributed by atoms with E-state index in [0.29, 0.717) is 28.6 Å². The molecule has 31 heavy (non-hydrogen) atoms. The summed E-state index contributed by atoms with van der Waals surface area (Å²) >= 11 is 0. The Morgan fingerprint density at radius 2 is 2.00 bits per heavy atom. The highest BCUT2D eigenvalue weighted by Gasteiger charge is 2.15. The minimum Gasteiger partial charge on any atom is -0.496 e. The van der Waals surface area contributed by atoms with E-state index in [9.17, 15) is 14.9 Å². The van der Waals surface area contributed by atoms with E-state index in [1.165, 1.54) is 25.5 Å². The largest absolute Gasteiger partial charge is 0.496 e. The standard InChI is InChI=1S/C22H21N3O6/c1-14-5-4-6-19(15(14)2)30-13-22(26)24-23-12-17-8-10-20(31-17)18-9-7-16(25(27)28)11-21(18)29-3/h4-12H,13H2,1-3H3,(H,24,26). The molecule has 0 aliphatic carbocycles. The predicted octanol–water partition coefficient (Wildman–Crippen LogP) is 4.01. The molecule has 1 N–H and O–H groups in total. The smallest absolute Gasteiger partial charge is 0.277 e. The van der Waals surface area contributed by atoms with Crippen molar-refractivity contribution in [3.63, 3.8) is 0 Å². The van der Waals surface area contributed by atoms with Crippen molar-refractivity contribution < 1.29 is 23.6 Å². The van der Waals surface area contributed by atoms with Crippen LogP contribution in [0.15, 0.2) is 58.0 Å². The summed E-state index contributed by atoms with van der Waals surface area (Å²) in [7, 11) is 1.42. The number of hydrazone groups is 1. The molecule has 0 saturated heterocycles. The summed E-state index contributed by atoms with van der Waals surface area (Å²) in [6.45, 7) is 3.72. The van der Waals surface area contributed by atoms with Gasteiger partial charge >= 0.3 is 0 Å². The Hall–Kier alpha value is -4.14. The lowest BCUT2D eigenvalue weighted by Gasteiger charge is -2.09. The van der Waals surface area contributed by atoms with Gasteiger partial charge in [-0.2, -0.15) is 5.10 Å². The molecule has 9 nitrogen and oxygen atoms in total. The average molecular weight is 423 g/mol. The lowest BCUT2D eigenvalue weighted by atomic mass is 10.1. The van der Waals surface area contributed by atoms with Crippen molar-refractivity contribution in [1.82, 2.24) is 5.43 Å². The number of carbonyl (C=O) groups excluding carboxylic acids is 1. The number of nitro benzene ring substituents is 1. The predicted molar refractivity (Wildman–Crippen MR) is 114 cm³/mol. The van der Waals surface area contributed by atoms with Crippen molar-refractivity contribution in [3.8, 4) is 22.8 Å². The van der Waals surface area contributed by atoms with Crippen molar-refractivity contribution in [3.05, 3.63) is 75.5 Å². The Morgan fingerprint density at radius 3 is 2.74 bits per heavy atom. The van der Waals surface area contributed by atoms with Gasteiger partial charge in [0, 0.05) is 6.07 Å². The summed E-state index contributed by atoms with van der Waals surface area (Å²) in [5, 5.41) is 14.8. The van der Waals surface area contributed by atoms with Crippen LogP contribution in [0.2, 0.25) is 0 Å². The van der Waals surface area contributed by atoms with Crippen LogP contribution in [-0.2, 0) is 4.79 Å². The van der Waals surface area contributed by atoms with Gasteiger partial charge in [-0.05, 0) is 49.2 Å². The second-order valence-corrected chi connectivity index (χ2v) is 6.62. The number of nitro groups is 1. The fraction of sp³-hybridized carbons (Fsp3) is 0.182. The Kier molecular flexibility index (Phi) is 6.66. The highest BCUT2D eigenvalue weighted by Crippen LogP contribution is 2.34. The van der Waals surface area contributed by atoms with Gasteiger partial charge in [0.1, 0.15) is 23.0 Å². The molecule has 0 aliphatic rings. The molecule has 0 fully saturated rings. The molecule has 0 atom stereocenters. The number of rotatable bonds is 8. The molecule has 9 heteroatoms. The van der Waals surface area contributed by atoms with Crippen LogP contribution >= 0.6 is 0 Å². The first-order chi connectivity index (χ1) is 14.9. The molecule has 0 spiro atoms. The summed E-state index contributed by atoms with van der Waals surface area (Å²) in [6.07, 6.45) is 1.34. The number of furan rings is 1. The Balaban J connectivity index is 1.60. The minimum absolute atomic E-state index is 0.0836. The minimum atomic E-state index is -0.501. The first kappa shape index (κ1) is 21.6. The number of amides is 1. The van der Waals surface area contributed by atoms with Crippen LogP contribution in [0.1, 0.15) is 16.9 Å². The van der Waals surface area contributed by atoms with Crippen molar-refractivity contribution in [2.24, 2.45) is 5.10 Å². The summed E-state index contributed by atoms with van der Waals surface area (Å²) < 4.78 is 16.4. The van der Waals surface area contributed by atoms with Crippen LogP contribution in [-0.4, -0.2) is 30.8 Å². The maximum Gasteiger partial charge on any atom is 0.277 e. The lowest BCUT2D eigenvalue weighted by molar-refractivity contribution is -0.384. The van der Waals surface area contributed by atoms with Gasteiger partial charge in [0.25, 0.3) is 11.6 Å². The molecule has 2 aromatic carbocycles. The van der Waals surface area contributed by atoms with E-state index < -0.39 is 10.8 Å². The van der Waals surface area contributed by atoms with Crippen molar-refractivity contribution in [2.75, 3.05) is 13.7 Å². The zero-order chi connectivity index (χ0) is 22.4. The van der Waals surface area contributed by atoms with Crippen LogP contribution in [0.3, 0.4) is 0 Å². The number of ether oxygens (including phenoxy) is 2. The highest BCUT2D eigenvalue weighted by atomic mass is 16.6. The molecule has 1 amide bonds. The number of hydrogen-bond donors (Lipinski definition) is 1. The van der Waals surface area contributed by atoms with Gasteiger partial charge in [-0.15, -0.1) is 0 Å². The SMILES string of the molecule is COc1cc([N+](=O)[O-])ccc1-c1ccc(C=NNC(=O)COc2cccc(C)c2C)o1. The fourth-order valence-corrected chi connectivity index (χ4v) is 2.79. The molecular weight excluding hydrogens is 402 g/mol. The van der Waals surface area contributed by atoms with E-state index in [0.717, 1.165) is 11.1 Å². The number of non-ortho nitro benzene ring substituents is 1. The van der Waals surface area contributed by atoms with Crippen molar-refractivity contribution in [1.29, 1.82) is 0 Å². The second-order valence-electron chi connectivity index (χ2n) is 6.62. The van der Waals surface area contributed by atoms with E-state index >= 15 is 0 Å². The highest BCUT2D eigenvalue weighted by molar-refractivity contribution is 5.82. The molecule has 3 rings (SSSR count). The van der Waals surface area contributed by atoms with Gasteiger partial charge in [-0.1, -0.05) is 12.1 Å². The van der Waals surface area contributed by atoms with Gasteiger partial charge < -0.3 is 13.9 Å². The molecular formula is C22H21N3O6. The number of nitrogens with one attached hydrogen (secondary N) is 1. The monoisotopic (exact) mass is 423 g/mol. The number of methoxy groups -OCH3 is 1. The maximum absolute atomic E-state index is 11.9. The molecule has 3 aromatic rings. The normalized spacial score (nSPS) is 10.8. The van der Waals surface area contributed by atoms with E-state index in [1.807, 2.05) is 26.0 Å². The third-order valence-corrected chi connectivity index (χ3v) is 4.58. The van der Waals surface area contributed by atoms with E-state index in [4.69, 9.17) is 13.9 Å². The molecule has 0 unspecified atom stereocenters. The van der Waals surface area contributed by atoms with Crippen LogP contribution in [0.25, 0.3) is 11.3 Å². The average Bonchev–Trinajstić information content (AvgIpc) is 3.23. The maximum atomic E-state index is 11.9. The van der Waals surface area contributed by atoms with Gasteiger partial charge in [-0.3, -0.25) is 14.9 Å². The zero-order valence-electron chi connectivity index (χ0n) is 17.2. The fourth-order valence-electron chi connectivity index (χ4n) is 2.79. The van der Waals surface area contributed by atoms with E-state index in [1.54, 1.807) is 24.3 Å². The van der Waals surface area contributed by atoms with Gasteiger partial charge in [0.15, 0.2) is 6.61 Å². The summed E-state index contributed by atoms with van der Waals surface area (Å²) in [5.41, 5.74) is 4.90. The van der Waals surface area contributed by atoms with Crippen LogP contribution in [0.4, 0.5) is 5.69 Å². The Morgan fingerprint density at radius 1 is 1.19 bits per heavy atom. The Bertz CT molecular complexity index is 1140. The van der Waals surface area contributed by atoms with Crippen LogP contribution < -0.4 is 14.9 Å². The molecule has 160 valence electrons. The number of carbonyl (C=O) groups is 1. The Labute approximate surface area is 178 Å². The van der Waals surface area contributed by atoms with Crippen molar-refractivity contribution in [2.45, 2.75) is 13.8 Å². The number of nitrogens with zero attached hydrogens (tertiary/aromatic N) is 2. The van der Waals surface area contributed by atoms with Crippen LogP contribution in [0, 0.1) is 24.0 Å². The van der Waals surface area contributed by atoms with Crippen molar-refractivity contribution >= 4 is 17.8 Å². The second kappa shape index (κ2) is 9.57. The zero-order valence-corrected chi connectivity index (χ0v) is 17.2. The molecule has 0 radical (unpaired) electrons. The molecule has 1 heterocycles. The molecule has 0 aliphatic heterocycles. The van der Waals surface area contributed by atoms with Gasteiger partial charge in [0.05, 0.1) is 29.9 Å². The van der Waals surface area contributed by atoms with Crippen LogP contribution in [0.5, 0.6) is 11.5 Å². The summed E-state index contributed by atoms with van der Waals surface area (Å²) in [6, 6.07) is 13.2. The number of benzene rings is 2. The summed E-state index contributed by atoms with van der Waals surface area (Å²) in [4.78, 5) is 22.4. The molecule has 0 saturated carbocycles. The third kappa shape index (κ3) is 5.27. The topological polar surface area (TPSA) is 116 Å². The first-order valence-electron chi connectivity index (χ1n) is 9.32. The van der Waals surface area contributed by atoms with E-state index in [2.05, 4.69) is 10.5 Å². The number of aryl methyl sites for hydroxylation is 1. The first-order valence-corrected chi connectivity index (χ1v) is 9.32. The number of hydrogen-bond acceptors (Lipinski definition) is 7. The van der Waals surface area contributed by atoms with Gasteiger partial charge in [0.2, 0.25) is 0 Å². The lowest BCUT2D eigenvalue weighted by Crippen LogP contribution is -2.24. The third-order valence-electron chi connectivity index (χ3n) is 4.58. The van der Waals surface area contributed by atoms with E-state index in [-0.39, 0.29) is 12.3 Å².